The first-order valence-corrected chi connectivity index (χ1v) is 6.25. The molecule has 16 heavy (non-hydrogen) atoms. The largest absolute Gasteiger partial charge is 0.357 e. The van der Waals surface area contributed by atoms with Gasteiger partial charge in [0.25, 0.3) is 0 Å². The number of hydrogen-bond donors (Lipinski definition) is 1. The lowest BCUT2D eigenvalue weighted by Gasteiger charge is -2.17. The number of pyridine rings is 1. The maximum atomic E-state index is 4.70. The Kier molecular flexibility index (Phi) is 2.56. The Labute approximate surface area is 96.9 Å². The predicted molar refractivity (Wildman–Crippen MR) is 65.5 cm³/mol. The maximum Gasteiger partial charge on any atom is 0.128 e. The summed E-state index contributed by atoms with van der Waals surface area (Å²) in [5, 5.41) is 3.50. The molecule has 2 saturated carbocycles. The van der Waals surface area contributed by atoms with E-state index in [0.717, 1.165) is 30.1 Å². The maximum absolute atomic E-state index is 4.70. The van der Waals surface area contributed by atoms with Crippen molar-refractivity contribution in [1.82, 2.24) is 10.3 Å². The average molecular weight is 217 g/mol. The smallest absolute Gasteiger partial charge is 0.128 e. The highest BCUT2D eigenvalue weighted by Gasteiger charge is 2.27. The van der Waals surface area contributed by atoms with Crippen LogP contribution in [0.5, 0.6) is 0 Å². The van der Waals surface area contributed by atoms with Gasteiger partial charge in [-0.2, -0.15) is 0 Å². The van der Waals surface area contributed by atoms with Crippen LogP contribution in [-0.2, 0) is 6.54 Å². The zero-order chi connectivity index (χ0) is 11.0. The van der Waals surface area contributed by atoms with Crippen molar-refractivity contribution >= 4 is 5.82 Å². The van der Waals surface area contributed by atoms with Crippen molar-refractivity contribution in [3.8, 4) is 0 Å². The Morgan fingerprint density at radius 3 is 2.81 bits per heavy atom. The van der Waals surface area contributed by atoms with Gasteiger partial charge in [0, 0.05) is 25.7 Å². The quantitative estimate of drug-likeness (QED) is 0.817. The Morgan fingerprint density at radius 1 is 1.31 bits per heavy atom. The van der Waals surface area contributed by atoms with Crippen LogP contribution >= 0.6 is 0 Å². The average Bonchev–Trinajstić information content (AvgIpc) is 3.18. The first-order chi connectivity index (χ1) is 7.83. The molecule has 0 atom stereocenters. The van der Waals surface area contributed by atoms with Gasteiger partial charge in [-0.3, -0.25) is 0 Å². The van der Waals surface area contributed by atoms with Crippen LogP contribution in [0.4, 0.5) is 5.82 Å². The fourth-order valence-corrected chi connectivity index (χ4v) is 1.95. The minimum absolute atomic E-state index is 0.735. The number of hydrogen-bond acceptors (Lipinski definition) is 3. The molecule has 3 nitrogen and oxygen atoms in total. The van der Waals surface area contributed by atoms with Crippen molar-refractivity contribution in [2.75, 3.05) is 11.9 Å². The molecule has 3 rings (SSSR count). The number of rotatable bonds is 5. The van der Waals surface area contributed by atoms with Crippen LogP contribution in [0.15, 0.2) is 18.2 Å². The fourth-order valence-electron chi connectivity index (χ4n) is 1.95. The SMILES string of the molecule is CN(c1cccc(CNC2CC2)n1)C1CC1. The lowest BCUT2D eigenvalue weighted by Crippen LogP contribution is -2.22. The van der Waals surface area contributed by atoms with E-state index in [1.54, 1.807) is 0 Å². The normalized spacial score (nSPS) is 19.8. The molecule has 3 heteroatoms. The van der Waals surface area contributed by atoms with Crippen molar-refractivity contribution in [3.05, 3.63) is 23.9 Å². The number of aromatic nitrogens is 1. The molecule has 0 unspecified atom stereocenters. The van der Waals surface area contributed by atoms with Gasteiger partial charge in [-0.25, -0.2) is 4.98 Å². The topological polar surface area (TPSA) is 28.2 Å². The minimum Gasteiger partial charge on any atom is -0.357 e. The Hall–Kier alpha value is -1.09. The molecule has 0 bridgehead atoms. The van der Waals surface area contributed by atoms with Gasteiger partial charge >= 0.3 is 0 Å². The zero-order valence-corrected chi connectivity index (χ0v) is 9.82. The van der Waals surface area contributed by atoms with Crippen LogP contribution in [0.3, 0.4) is 0 Å². The summed E-state index contributed by atoms with van der Waals surface area (Å²) in [5.74, 6) is 1.12. The molecule has 2 aliphatic carbocycles. The number of anilines is 1. The van der Waals surface area contributed by atoms with Crippen molar-refractivity contribution in [3.63, 3.8) is 0 Å². The highest BCUT2D eigenvalue weighted by molar-refractivity contribution is 5.41. The molecule has 1 N–H and O–H groups in total. The minimum atomic E-state index is 0.735. The van der Waals surface area contributed by atoms with Crippen LogP contribution in [0.25, 0.3) is 0 Å². The van der Waals surface area contributed by atoms with E-state index in [-0.39, 0.29) is 0 Å². The summed E-state index contributed by atoms with van der Waals surface area (Å²) >= 11 is 0. The van der Waals surface area contributed by atoms with Crippen LogP contribution < -0.4 is 10.2 Å². The second kappa shape index (κ2) is 4.06. The van der Waals surface area contributed by atoms with Crippen LogP contribution in [0.1, 0.15) is 31.4 Å². The highest BCUT2D eigenvalue weighted by Crippen LogP contribution is 2.29. The van der Waals surface area contributed by atoms with Gasteiger partial charge in [-0.05, 0) is 37.8 Å². The van der Waals surface area contributed by atoms with Crippen LogP contribution in [-0.4, -0.2) is 24.1 Å². The summed E-state index contributed by atoms with van der Waals surface area (Å²) < 4.78 is 0. The first kappa shape index (κ1) is 10.1. The lowest BCUT2D eigenvalue weighted by molar-refractivity contribution is 0.673. The van der Waals surface area contributed by atoms with E-state index in [2.05, 4.69) is 35.5 Å². The van der Waals surface area contributed by atoms with Crippen molar-refractivity contribution in [2.24, 2.45) is 0 Å². The molecule has 2 aliphatic rings. The van der Waals surface area contributed by atoms with E-state index in [1.165, 1.54) is 25.7 Å². The molecule has 0 saturated heterocycles. The summed E-state index contributed by atoms with van der Waals surface area (Å²) in [4.78, 5) is 7.00. The van der Waals surface area contributed by atoms with Gasteiger partial charge in [-0.1, -0.05) is 6.07 Å². The van der Waals surface area contributed by atoms with Gasteiger partial charge in [0.15, 0.2) is 0 Å². The molecule has 2 fully saturated rings. The summed E-state index contributed by atoms with van der Waals surface area (Å²) in [5.41, 5.74) is 1.16. The molecule has 1 heterocycles. The van der Waals surface area contributed by atoms with E-state index in [4.69, 9.17) is 4.98 Å². The van der Waals surface area contributed by atoms with E-state index in [9.17, 15) is 0 Å². The number of nitrogens with one attached hydrogen (secondary N) is 1. The van der Waals surface area contributed by atoms with Crippen molar-refractivity contribution in [2.45, 2.75) is 44.3 Å². The highest BCUT2D eigenvalue weighted by atomic mass is 15.2. The lowest BCUT2D eigenvalue weighted by atomic mass is 10.3. The van der Waals surface area contributed by atoms with Gasteiger partial charge < -0.3 is 10.2 Å². The molecule has 0 spiro atoms. The van der Waals surface area contributed by atoms with E-state index < -0.39 is 0 Å². The molecule has 86 valence electrons. The first-order valence-electron chi connectivity index (χ1n) is 6.25. The summed E-state index contributed by atoms with van der Waals surface area (Å²) in [6.45, 7) is 0.914. The molecule has 1 aromatic rings. The third-order valence-corrected chi connectivity index (χ3v) is 3.40. The zero-order valence-electron chi connectivity index (χ0n) is 9.82. The van der Waals surface area contributed by atoms with E-state index in [1.807, 2.05) is 0 Å². The molecular formula is C13H19N3. The Balaban J connectivity index is 1.65. The van der Waals surface area contributed by atoms with Gasteiger partial charge in [-0.15, -0.1) is 0 Å². The van der Waals surface area contributed by atoms with Gasteiger partial charge in [0.1, 0.15) is 5.82 Å². The second-order valence-electron chi connectivity index (χ2n) is 4.98. The van der Waals surface area contributed by atoms with E-state index >= 15 is 0 Å². The third kappa shape index (κ3) is 2.35. The second-order valence-corrected chi connectivity index (χ2v) is 4.98. The Morgan fingerprint density at radius 2 is 2.12 bits per heavy atom. The monoisotopic (exact) mass is 217 g/mol. The molecule has 1 aromatic heterocycles. The predicted octanol–water partition coefficient (Wildman–Crippen LogP) is 1.93. The van der Waals surface area contributed by atoms with Crippen LogP contribution in [0.2, 0.25) is 0 Å². The van der Waals surface area contributed by atoms with Crippen LogP contribution in [0, 0.1) is 0 Å². The molecule has 0 aromatic carbocycles. The summed E-state index contributed by atoms with van der Waals surface area (Å²) in [6, 6.07) is 7.83. The van der Waals surface area contributed by atoms with Gasteiger partial charge in [0.05, 0.1) is 5.69 Å². The van der Waals surface area contributed by atoms with E-state index in [0.29, 0.717) is 0 Å². The molecule has 0 radical (unpaired) electrons. The Bertz CT molecular complexity index is 369. The molecule has 0 amide bonds. The third-order valence-electron chi connectivity index (χ3n) is 3.40. The fraction of sp³-hybridized carbons (Fsp3) is 0.615. The molecule has 0 aliphatic heterocycles. The standard InChI is InChI=1S/C13H19N3/c1-16(12-7-8-12)13-4-2-3-11(15-13)9-14-10-5-6-10/h2-4,10,12,14H,5-9H2,1H3. The summed E-state index contributed by atoms with van der Waals surface area (Å²) in [6.07, 6.45) is 5.31. The molecular weight excluding hydrogens is 198 g/mol. The van der Waals surface area contributed by atoms with Crippen molar-refractivity contribution < 1.29 is 0 Å². The van der Waals surface area contributed by atoms with Gasteiger partial charge in [0.2, 0.25) is 0 Å². The van der Waals surface area contributed by atoms with Crippen molar-refractivity contribution in [1.29, 1.82) is 0 Å². The number of nitrogens with zero attached hydrogens (tertiary/aromatic N) is 2. The summed E-state index contributed by atoms with van der Waals surface area (Å²) in [7, 11) is 2.15.